The maximum atomic E-state index is 13.3. The molecular weight excluding hydrogens is 368 g/mol. The molecule has 0 aliphatic carbocycles. The highest BCUT2D eigenvalue weighted by molar-refractivity contribution is 7.90. The van der Waals surface area contributed by atoms with Crippen molar-refractivity contribution in [1.29, 1.82) is 0 Å². The number of nitrogens with two attached hydrogens (primary N) is 1. The lowest BCUT2D eigenvalue weighted by Gasteiger charge is -2.05. The highest BCUT2D eigenvalue weighted by Gasteiger charge is 2.23. The van der Waals surface area contributed by atoms with Crippen LogP contribution in [-0.4, -0.2) is 23.6 Å². The van der Waals surface area contributed by atoms with Gasteiger partial charge in [0.15, 0.2) is 0 Å². The minimum atomic E-state index is -4.28. The summed E-state index contributed by atoms with van der Waals surface area (Å²) >= 11 is 0. The van der Waals surface area contributed by atoms with Crippen LogP contribution in [-0.2, 0) is 10.0 Å². The van der Waals surface area contributed by atoms with E-state index < -0.39 is 27.6 Å². The lowest BCUT2D eigenvalue weighted by atomic mass is 10.2. The lowest BCUT2D eigenvalue weighted by molar-refractivity contribution is 0.0727. The number of rotatable bonds is 4. The predicted molar refractivity (Wildman–Crippen MR) is 87.0 cm³/mol. The Morgan fingerprint density at radius 3 is 2.38 bits per heavy atom. The van der Waals surface area contributed by atoms with E-state index in [0.717, 1.165) is 30.3 Å². The largest absolute Gasteiger partial charge is 0.402 e. The van der Waals surface area contributed by atoms with Gasteiger partial charge in [-0.1, -0.05) is 6.07 Å². The zero-order valence-corrected chi connectivity index (χ0v) is 13.8. The van der Waals surface area contributed by atoms with E-state index in [0.29, 0.717) is 4.09 Å². The van der Waals surface area contributed by atoms with Crippen LogP contribution in [0.4, 0.5) is 14.6 Å². The van der Waals surface area contributed by atoms with Gasteiger partial charge < -0.3 is 10.5 Å². The first-order valence-corrected chi connectivity index (χ1v) is 8.56. The Morgan fingerprint density at radius 1 is 1.04 bits per heavy atom. The van der Waals surface area contributed by atoms with Crippen LogP contribution in [0.15, 0.2) is 59.5 Å². The second kappa shape index (κ2) is 6.56. The molecule has 3 rings (SSSR count). The number of carbonyl (C=O) groups is 1. The monoisotopic (exact) mass is 379 g/mol. The molecule has 0 saturated heterocycles. The van der Waals surface area contributed by atoms with Gasteiger partial charge in [0.2, 0.25) is 5.88 Å². The van der Waals surface area contributed by atoms with Crippen LogP contribution in [0.3, 0.4) is 0 Å². The van der Waals surface area contributed by atoms with Crippen molar-refractivity contribution in [2.75, 3.05) is 5.73 Å². The number of aromatic nitrogens is 2. The van der Waals surface area contributed by atoms with Crippen LogP contribution < -0.4 is 10.5 Å². The molecule has 1 aromatic heterocycles. The summed E-state index contributed by atoms with van der Waals surface area (Å²) in [4.78, 5) is 11.6. The maximum Gasteiger partial charge on any atom is 0.344 e. The number of hydrogen-bond acceptors (Lipinski definition) is 6. The maximum absolute atomic E-state index is 13.3. The Kier molecular flexibility index (Phi) is 4.43. The molecule has 26 heavy (non-hydrogen) atoms. The second-order valence-electron chi connectivity index (χ2n) is 5.11. The van der Waals surface area contributed by atoms with Gasteiger partial charge in [-0.15, -0.1) is 9.19 Å². The summed E-state index contributed by atoms with van der Waals surface area (Å²) < 4.78 is 56.5. The first kappa shape index (κ1) is 17.5. The number of benzene rings is 2. The number of halogens is 2. The van der Waals surface area contributed by atoms with Gasteiger partial charge in [0.05, 0.1) is 10.5 Å². The molecule has 0 spiro atoms. The van der Waals surface area contributed by atoms with Crippen molar-refractivity contribution in [2.45, 2.75) is 4.90 Å². The van der Waals surface area contributed by atoms with Crippen molar-refractivity contribution in [1.82, 2.24) is 9.19 Å². The van der Waals surface area contributed by atoms with Crippen LogP contribution >= 0.6 is 0 Å². The lowest BCUT2D eigenvalue weighted by Crippen LogP contribution is -2.17. The molecule has 3 aromatic rings. The number of nitrogen functional groups attached to an aromatic ring is 1. The molecule has 134 valence electrons. The Labute approximate surface area is 146 Å². The van der Waals surface area contributed by atoms with E-state index in [2.05, 4.69) is 5.10 Å². The Balaban J connectivity index is 1.89. The van der Waals surface area contributed by atoms with Crippen molar-refractivity contribution in [2.24, 2.45) is 0 Å². The van der Waals surface area contributed by atoms with Gasteiger partial charge in [-0.25, -0.2) is 13.6 Å². The van der Waals surface area contributed by atoms with Gasteiger partial charge >= 0.3 is 5.97 Å². The minimum Gasteiger partial charge on any atom is -0.402 e. The van der Waals surface area contributed by atoms with E-state index in [1.807, 2.05) is 0 Å². The number of nitrogens with zero attached hydrogens (tertiary/aromatic N) is 2. The number of esters is 1. The predicted octanol–water partition coefficient (Wildman–Crippen LogP) is 2.20. The van der Waals surface area contributed by atoms with Gasteiger partial charge in [0.25, 0.3) is 10.0 Å². The molecule has 0 saturated carbocycles. The average molecular weight is 379 g/mol. The third kappa shape index (κ3) is 3.40. The Bertz CT molecular complexity index is 1080. The van der Waals surface area contributed by atoms with Crippen LogP contribution in [0.5, 0.6) is 5.88 Å². The van der Waals surface area contributed by atoms with E-state index in [-0.39, 0.29) is 22.2 Å². The van der Waals surface area contributed by atoms with E-state index in [9.17, 15) is 22.0 Å². The first-order chi connectivity index (χ1) is 12.3. The third-order valence-corrected chi connectivity index (χ3v) is 4.88. The van der Waals surface area contributed by atoms with E-state index in [1.54, 1.807) is 0 Å². The fraction of sp³-hybridized carbons (Fsp3) is 0. The molecule has 0 aliphatic heterocycles. The average Bonchev–Trinajstić information content (AvgIpc) is 2.96. The third-order valence-electron chi connectivity index (χ3n) is 3.28. The topological polar surface area (TPSA) is 104 Å². The number of anilines is 1. The second-order valence-corrected chi connectivity index (χ2v) is 6.88. The molecule has 2 aromatic carbocycles. The zero-order valence-electron chi connectivity index (χ0n) is 13.0. The summed E-state index contributed by atoms with van der Waals surface area (Å²) in [5, 5.41) is 3.63. The van der Waals surface area contributed by atoms with Crippen molar-refractivity contribution in [3.8, 4) is 5.88 Å². The molecule has 0 unspecified atom stereocenters. The molecule has 7 nitrogen and oxygen atoms in total. The molecule has 0 fully saturated rings. The summed E-state index contributed by atoms with van der Waals surface area (Å²) in [6.07, 6.45) is 0. The number of ether oxygens (including phenoxy) is 1. The molecule has 0 amide bonds. The Morgan fingerprint density at radius 2 is 1.73 bits per heavy atom. The van der Waals surface area contributed by atoms with Gasteiger partial charge in [-0.2, -0.15) is 8.42 Å². The quantitative estimate of drug-likeness (QED) is 0.697. The zero-order chi connectivity index (χ0) is 18.9. The van der Waals surface area contributed by atoms with E-state index >= 15 is 0 Å². The fourth-order valence-electron chi connectivity index (χ4n) is 2.07. The van der Waals surface area contributed by atoms with Crippen LogP contribution in [0.25, 0.3) is 0 Å². The molecule has 0 aliphatic rings. The summed E-state index contributed by atoms with van der Waals surface area (Å²) in [5.74, 6) is -2.87. The number of carbonyl (C=O) groups excluding carboxylic acids is 1. The normalized spacial score (nSPS) is 11.3. The summed E-state index contributed by atoms with van der Waals surface area (Å²) in [6, 6.07) is 9.83. The van der Waals surface area contributed by atoms with Crippen molar-refractivity contribution < 1.29 is 26.7 Å². The first-order valence-electron chi connectivity index (χ1n) is 7.12. The fourth-order valence-corrected chi connectivity index (χ4v) is 3.30. The van der Waals surface area contributed by atoms with Crippen molar-refractivity contribution in [3.05, 3.63) is 71.8 Å². The van der Waals surface area contributed by atoms with Crippen molar-refractivity contribution in [3.63, 3.8) is 0 Å². The van der Waals surface area contributed by atoms with E-state index in [1.165, 1.54) is 24.3 Å². The summed E-state index contributed by atoms with van der Waals surface area (Å²) in [7, 11) is -4.28. The molecule has 2 N–H and O–H groups in total. The summed E-state index contributed by atoms with van der Waals surface area (Å²) in [5.41, 5.74) is 5.66. The molecular formula is C16H11F2N3O4S. The van der Waals surface area contributed by atoms with E-state index in [4.69, 9.17) is 10.5 Å². The number of hydrogen-bond donors (Lipinski definition) is 1. The SMILES string of the molecule is Nc1cc(OC(=O)c2ccc(F)cc2)nn1S(=O)(=O)c1cccc(F)c1. The molecule has 0 bridgehead atoms. The van der Waals surface area contributed by atoms with Gasteiger partial charge in [0, 0.05) is 6.07 Å². The highest BCUT2D eigenvalue weighted by Crippen LogP contribution is 2.22. The Hall–Kier alpha value is -3.27. The van der Waals surface area contributed by atoms with Crippen LogP contribution in [0, 0.1) is 11.6 Å². The van der Waals surface area contributed by atoms with Gasteiger partial charge in [0.1, 0.15) is 17.5 Å². The van der Waals surface area contributed by atoms with Gasteiger partial charge in [-0.3, -0.25) is 0 Å². The smallest absolute Gasteiger partial charge is 0.344 e. The highest BCUT2D eigenvalue weighted by atomic mass is 32.2. The molecule has 0 atom stereocenters. The molecule has 0 radical (unpaired) electrons. The molecule has 1 heterocycles. The van der Waals surface area contributed by atoms with Crippen molar-refractivity contribution >= 4 is 21.8 Å². The molecule has 10 heteroatoms. The summed E-state index contributed by atoms with van der Waals surface area (Å²) in [6.45, 7) is 0. The van der Waals surface area contributed by atoms with Crippen LogP contribution in [0.2, 0.25) is 0 Å². The minimum absolute atomic E-state index is 0.0347. The standard InChI is InChI=1S/C16H11F2N3O4S/c17-11-6-4-10(5-7-11)16(22)25-15-9-14(19)21(20-15)26(23,24)13-3-1-2-12(18)8-13/h1-9H,19H2. The van der Waals surface area contributed by atoms with Crippen LogP contribution in [0.1, 0.15) is 10.4 Å². The van der Waals surface area contributed by atoms with Gasteiger partial charge in [-0.05, 0) is 42.5 Å².